The van der Waals surface area contributed by atoms with Crippen molar-refractivity contribution in [2.75, 3.05) is 0 Å². The molecule has 2 aliphatic carbocycles. The molecule has 0 radical (unpaired) electrons. The maximum atomic E-state index is 13.9. The van der Waals surface area contributed by atoms with Crippen LogP contribution in [0.1, 0.15) is 50.0 Å². The molecule has 0 aromatic heterocycles. The van der Waals surface area contributed by atoms with Crippen molar-refractivity contribution in [2.45, 2.75) is 51.1 Å². The first-order valence-electron chi connectivity index (χ1n) is 8.54. The van der Waals surface area contributed by atoms with Crippen LogP contribution in [0.4, 0.5) is 17.6 Å². The maximum Gasteiger partial charge on any atom is 0.387 e. The van der Waals surface area contributed by atoms with Gasteiger partial charge >= 0.3 is 6.61 Å². The number of alkyl halides is 2. The minimum atomic E-state index is -3.24. The zero-order valence-corrected chi connectivity index (χ0v) is 13.5. The fourth-order valence-corrected chi connectivity index (χ4v) is 4.46. The van der Waals surface area contributed by atoms with Crippen molar-refractivity contribution in [2.24, 2.45) is 17.8 Å². The number of hydrogen-bond acceptors (Lipinski definition) is 1. The van der Waals surface area contributed by atoms with Crippen LogP contribution in [0.5, 0.6) is 5.75 Å². The van der Waals surface area contributed by atoms with E-state index in [4.69, 9.17) is 0 Å². The third-order valence-electron chi connectivity index (χ3n) is 5.69. The van der Waals surface area contributed by atoms with E-state index < -0.39 is 24.0 Å². The van der Waals surface area contributed by atoms with Gasteiger partial charge in [-0.3, -0.25) is 0 Å². The highest BCUT2D eigenvalue weighted by molar-refractivity contribution is 5.33. The van der Waals surface area contributed by atoms with Gasteiger partial charge in [0.1, 0.15) is 0 Å². The highest BCUT2D eigenvalue weighted by atomic mass is 19.3. The summed E-state index contributed by atoms with van der Waals surface area (Å²) in [7, 11) is 0. The molecule has 0 heterocycles. The van der Waals surface area contributed by atoms with E-state index in [0.717, 1.165) is 50.7 Å². The lowest BCUT2D eigenvalue weighted by molar-refractivity contribution is -0.0546. The van der Waals surface area contributed by atoms with E-state index in [1.165, 1.54) is 0 Å². The molecule has 0 spiro atoms. The van der Waals surface area contributed by atoms with Gasteiger partial charge in [0.2, 0.25) is 0 Å². The molecule has 24 heavy (non-hydrogen) atoms. The van der Waals surface area contributed by atoms with Gasteiger partial charge in [-0.2, -0.15) is 8.78 Å². The highest BCUT2D eigenvalue weighted by Gasteiger charge is 2.35. The Morgan fingerprint density at radius 3 is 2.25 bits per heavy atom. The number of rotatable bonds is 4. The van der Waals surface area contributed by atoms with E-state index in [-0.39, 0.29) is 5.92 Å². The molecule has 0 bridgehead atoms. The fraction of sp³-hybridized carbons (Fsp3) is 0.579. The Morgan fingerprint density at radius 1 is 1.00 bits per heavy atom. The first kappa shape index (κ1) is 17.3. The van der Waals surface area contributed by atoms with E-state index in [9.17, 15) is 17.6 Å². The molecule has 1 unspecified atom stereocenters. The van der Waals surface area contributed by atoms with Crippen LogP contribution >= 0.6 is 0 Å². The van der Waals surface area contributed by atoms with Crippen molar-refractivity contribution in [1.82, 2.24) is 0 Å². The second-order valence-electron chi connectivity index (χ2n) is 7.03. The van der Waals surface area contributed by atoms with Gasteiger partial charge < -0.3 is 4.74 Å². The lowest BCUT2D eigenvalue weighted by atomic mass is 9.64. The Hall–Kier alpha value is -1.52. The van der Waals surface area contributed by atoms with E-state index in [1.807, 2.05) is 6.08 Å². The van der Waals surface area contributed by atoms with Gasteiger partial charge in [-0.1, -0.05) is 6.08 Å². The predicted octanol–water partition coefficient (Wildman–Crippen LogP) is 6.05. The molecule has 0 saturated heterocycles. The van der Waals surface area contributed by atoms with Crippen LogP contribution in [0.2, 0.25) is 0 Å². The van der Waals surface area contributed by atoms with Gasteiger partial charge in [-0.15, -0.1) is 6.58 Å². The number of ether oxygens (including phenoxy) is 1. The zero-order valence-electron chi connectivity index (χ0n) is 13.5. The Labute approximate surface area is 139 Å². The average molecular weight is 342 g/mol. The van der Waals surface area contributed by atoms with Gasteiger partial charge in [0.25, 0.3) is 0 Å². The van der Waals surface area contributed by atoms with Crippen molar-refractivity contribution in [1.29, 1.82) is 0 Å². The summed E-state index contributed by atoms with van der Waals surface area (Å²) in [6, 6.07) is 2.31. The van der Waals surface area contributed by atoms with Crippen molar-refractivity contribution < 1.29 is 22.3 Å². The smallest absolute Gasteiger partial charge is 0.387 e. The summed E-state index contributed by atoms with van der Waals surface area (Å²) < 4.78 is 56.3. The first-order chi connectivity index (χ1) is 11.5. The number of benzene rings is 1. The molecule has 1 aromatic carbocycles. The third-order valence-corrected chi connectivity index (χ3v) is 5.69. The molecule has 0 aliphatic heterocycles. The first-order valence-corrected chi connectivity index (χ1v) is 8.54. The van der Waals surface area contributed by atoms with Crippen LogP contribution in [0.25, 0.3) is 0 Å². The van der Waals surface area contributed by atoms with Gasteiger partial charge in [-0.25, -0.2) is 8.78 Å². The Morgan fingerprint density at radius 2 is 1.62 bits per heavy atom. The summed E-state index contributed by atoms with van der Waals surface area (Å²) in [4.78, 5) is 0. The number of allylic oxidation sites excluding steroid dienone is 1. The standard InChI is InChI=1S/C19H22F4O/c1-2-11-3-4-13-8-14(6-5-12(13)7-11)15-9-16(20)18(17(21)10-15)24-19(22)23/h2,9-14,19H,1,3-8H2/t11-,12-,13-,14?/m1/s1. The summed E-state index contributed by atoms with van der Waals surface area (Å²) >= 11 is 0. The Bertz CT molecular complexity index is 578. The number of hydrogen-bond donors (Lipinski definition) is 0. The summed E-state index contributed by atoms with van der Waals surface area (Å²) in [5, 5.41) is 0. The fourth-order valence-electron chi connectivity index (χ4n) is 4.46. The van der Waals surface area contributed by atoms with Crippen molar-refractivity contribution in [3.05, 3.63) is 42.0 Å². The molecule has 5 heteroatoms. The normalized spacial score (nSPS) is 30.0. The van der Waals surface area contributed by atoms with Crippen molar-refractivity contribution >= 4 is 0 Å². The summed E-state index contributed by atoms with van der Waals surface area (Å²) in [5.74, 6) is -1.20. The number of halogens is 4. The van der Waals surface area contributed by atoms with Gasteiger partial charge in [0.05, 0.1) is 0 Å². The zero-order chi connectivity index (χ0) is 17.3. The maximum absolute atomic E-state index is 13.9. The monoisotopic (exact) mass is 342 g/mol. The molecule has 2 fully saturated rings. The molecule has 1 nitrogen and oxygen atoms in total. The van der Waals surface area contributed by atoms with Crippen LogP contribution in [0, 0.1) is 29.4 Å². The number of fused-ring (bicyclic) bond motifs is 1. The molecule has 2 saturated carbocycles. The lowest BCUT2D eigenvalue weighted by Gasteiger charge is -2.41. The Kier molecular flexibility index (Phi) is 5.16. The highest BCUT2D eigenvalue weighted by Crippen LogP contribution is 2.48. The molecular weight excluding hydrogens is 320 g/mol. The topological polar surface area (TPSA) is 9.23 Å². The second kappa shape index (κ2) is 7.16. The van der Waals surface area contributed by atoms with Crippen LogP contribution in [0.3, 0.4) is 0 Å². The molecule has 0 amide bonds. The molecule has 3 rings (SSSR count). The van der Waals surface area contributed by atoms with E-state index in [2.05, 4.69) is 11.3 Å². The predicted molar refractivity (Wildman–Crippen MR) is 84.1 cm³/mol. The summed E-state index contributed by atoms with van der Waals surface area (Å²) in [5.41, 5.74) is 0.552. The SMILES string of the molecule is C=C[C@@H]1CC[C@@H]2CC(c3cc(F)c(OC(F)F)c(F)c3)CC[C@@H]2C1. The van der Waals surface area contributed by atoms with Gasteiger partial charge in [0, 0.05) is 0 Å². The molecule has 132 valence electrons. The molecule has 4 atom stereocenters. The summed E-state index contributed by atoms with van der Waals surface area (Å²) in [6.45, 7) is 0.644. The van der Waals surface area contributed by atoms with E-state index in [0.29, 0.717) is 23.3 Å². The lowest BCUT2D eigenvalue weighted by Crippen LogP contribution is -2.30. The van der Waals surface area contributed by atoms with Crippen LogP contribution in [0.15, 0.2) is 24.8 Å². The van der Waals surface area contributed by atoms with Gasteiger partial charge in [-0.05, 0) is 79.9 Å². The van der Waals surface area contributed by atoms with E-state index in [1.54, 1.807) is 0 Å². The quantitative estimate of drug-likeness (QED) is 0.478. The second-order valence-corrected chi connectivity index (χ2v) is 7.03. The van der Waals surface area contributed by atoms with Gasteiger partial charge in [0.15, 0.2) is 17.4 Å². The van der Waals surface area contributed by atoms with Crippen molar-refractivity contribution in [3.63, 3.8) is 0 Å². The molecule has 1 aromatic rings. The minimum Gasteiger partial charge on any atom is -0.429 e. The third kappa shape index (κ3) is 3.60. The average Bonchev–Trinajstić information content (AvgIpc) is 2.56. The molecular formula is C19H22F4O. The van der Waals surface area contributed by atoms with Crippen LogP contribution < -0.4 is 4.74 Å². The molecule has 0 N–H and O–H groups in total. The van der Waals surface area contributed by atoms with E-state index >= 15 is 0 Å². The largest absolute Gasteiger partial charge is 0.429 e. The molecule has 2 aliphatic rings. The summed E-state index contributed by atoms with van der Waals surface area (Å²) in [6.07, 6.45) is 8.26. The van der Waals surface area contributed by atoms with Crippen LogP contribution in [-0.2, 0) is 0 Å². The van der Waals surface area contributed by atoms with Crippen LogP contribution in [-0.4, -0.2) is 6.61 Å². The minimum absolute atomic E-state index is 0.0798. The Balaban J connectivity index is 1.73. The van der Waals surface area contributed by atoms with Crippen molar-refractivity contribution in [3.8, 4) is 5.75 Å².